The van der Waals surface area contributed by atoms with E-state index in [2.05, 4.69) is 9.71 Å². The van der Waals surface area contributed by atoms with E-state index in [4.69, 9.17) is 0 Å². The zero-order chi connectivity index (χ0) is 13.2. The van der Waals surface area contributed by atoms with Crippen LogP contribution in [0.5, 0.6) is 0 Å². The highest BCUT2D eigenvalue weighted by molar-refractivity contribution is 7.89. The first-order chi connectivity index (χ1) is 8.53. The number of hydrogen-bond donors (Lipinski definition) is 2. The van der Waals surface area contributed by atoms with E-state index in [0.29, 0.717) is 5.92 Å². The summed E-state index contributed by atoms with van der Waals surface area (Å²) < 4.78 is 26.8. The van der Waals surface area contributed by atoms with Crippen LogP contribution in [0.25, 0.3) is 0 Å². The summed E-state index contributed by atoms with van der Waals surface area (Å²) in [6.07, 6.45) is 6.62. The Hall–Kier alpha value is -1.14. The van der Waals surface area contributed by atoms with Crippen LogP contribution in [-0.2, 0) is 10.0 Å². The lowest BCUT2D eigenvalue weighted by Gasteiger charge is -2.16. The summed E-state index contributed by atoms with van der Waals surface area (Å²) in [5, 5.41) is 0. The molecule has 100 valence electrons. The molecule has 2 rings (SSSR count). The van der Waals surface area contributed by atoms with E-state index in [1.165, 1.54) is 31.3 Å². The second-order valence-corrected chi connectivity index (χ2v) is 6.46. The minimum Gasteiger partial charge on any atom is -0.366 e. The number of rotatable bonds is 6. The van der Waals surface area contributed by atoms with Gasteiger partial charge in [-0.15, -0.1) is 0 Å². The van der Waals surface area contributed by atoms with Gasteiger partial charge in [0.05, 0.1) is 0 Å². The molecule has 1 saturated carbocycles. The molecule has 2 N–H and O–H groups in total. The molecule has 18 heavy (non-hydrogen) atoms. The highest BCUT2D eigenvalue weighted by atomic mass is 32.2. The van der Waals surface area contributed by atoms with Gasteiger partial charge in [-0.1, -0.05) is 19.8 Å². The number of H-pyrrole nitrogens is 1. The fourth-order valence-corrected chi connectivity index (χ4v) is 3.33. The highest BCUT2D eigenvalue weighted by Crippen LogP contribution is 2.34. The summed E-state index contributed by atoms with van der Waals surface area (Å²) in [4.78, 5) is 14.0. The predicted octanol–water partition coefficient (Wildman–Crippen LogP) is 1.23. The molecule has 1 fully saturated rings. The number of hydrogen-bond acceptors (Lipinski definition) is 3. The van der Waals surface area contributed by atoms with Gasteiger partial charge >= 0.3 is 0 Å². The van der Waals surface area contributed by atoms with Crippen LogP contribution in [-0.4, -0.2) is 19.4 Å². The quantitative estimate of drug-likeness (QED) is 0.816. The first-order valence-corrected chi connectivity index (χ1v) is 7.70. The molecule has 0 aromatic carbocycles. The lowest BCUT2D eigenvalue weighted by atomic mass is 10.1. The van der Waals surface area contributed by atoms with Crippen LogP contribution in [0.2, 0.25) is 0 Å². The molecule has 6 heteroatoms. The Labute approximate surface area is 107 Å². The number of pyridine rings is 1. The third-order valence-corrected chi connectivity index (χ3v) is 4.75. The van der Waals surface area contributed by atoms with Crippen LogP contribution in [0.1, 0.15) is 32.6 Å². The summed E-state index contributed by atoms with van der Waals surface area (Å²) >= 11 is 0. The average molecular weight is 270 g/mol. The second-order valence-electron chi connectivity index (χ2n) is 4.78. The van der Waals surface area contributed by atoms with Gasteiger partial charge in [-0.25, -0.2) is 13.1 Å². The van der Waals surface area contributed by atoms with Gasteiger partial charge < -0.3 is 4.98 Å². The average Bonchev–Trinajstić information content (AvgIpc) is 3.12. The van der Waals surface area contributed by atoms with Crippen LogP contribution < -0.4 is 10.2 Å². The van der Waals surface area contributed by atoms with Crippen molar-refractivity contribution in [1.82, 2.24) is 9.71 Å². The number of sulfonamides is 1. The van der Waals surface area contributed by atoms with Crippen molar-refractivity contribution in [2.45, 2.75) is 43.5 Å². The monoisotopic (exact) mass is 270 g/mol. The Morgan fingerprint density at radius 2 is 2.22 bits per heavy atom. The normalized spacial score (nSPS) is 17.6. The lowest BCUT2D eigenvalue weighted by molar-refractivity contribution is 0.495. The maximum Gasteiger partial charge on any atom is 0.246 e. The molecular formula is C12H18N2O3S. The van der Waals surface area contributed by atoms with Crippen molar-refractivity contribution in [2.75, 3.05) is 0 Å². The van der Waals surface area contributed by atoms with Crippen molar-refractivity contribution in [2.24, 2.45) is 5.92 Å². The van der Waals surface area contributed by atoms with Crippen LogP contribution in [0.4, 0.5) is 0 Å². The number of aromatic nitrogens is 1. The van der Waals surface area contributed by atoms with Crippen molar-refractivity contribution in [3.8, 4) is 0 Å². The Morgan fingerprint density at radius 3 is 2.78 bits per heavy atom. The van der Waals surface area contributed by atoms with Gasteiger partial charge in [0.1, 0.15) is 4.90 Å². The minimum absolute atomic E-state index is 0.0814. The SMILES string of the molecule is CCC(CC1CC1)NS(=O)(=O)c1c[nH]ccc1=O. The predicted molar refractivity (Wildman–Crippen MR) is 68.8 cm³/mol. The van der Waals surface area contributed by atoms with Crippen LogP contribution in [0.3, 0.4) is 0 Å². The van der Waals surface area contributed by atoms with Crippen LogP contribution >= 0.6 is 0 Å². The van der Waals surface area contributed by atoms with Crippen molar-refractivity contribution >= 4 is 10.0 Å². The molecule has 0 amide bonds. The minimum atomic E-state index is -3.71. The molecule has 0 radical (unpaired) electrons. The summed E-state index contributed by atoms with van der Waals surface area (Å²) in [5.41, 5.74) is -0.484. The summed E-state index contributed by atoms with van der Waals surface area (Å²) in [6.45, 7) is 1.95. The van der Waals surface area contributed by atoms with Crippen LogP contribution in [0.15, 0.2) is 28.2 Å². The molecule has 1 heterocycles. The van der Waals surface area contributed by atoms with Gasteiger partial charge in [0.25, 0.3) is 0 Å². The van der Waals surface area contributed by atoms with E-state index >= 15 is 0 Å². The lowest BCUT2D eigenvalue weighted by Crippen LogP contribution is -2.36. The number of nitrogens with one attached hydrogen (secondary N) is 2. The van der Waals surface area contributed by atoms with Gasteiger partial charge in [0, 0.05) is 24.5 Å². The maximum atomic E-state index is 12.1. The van der Waals surface area contributed by atoms with Gasteiger partial charge in [-0.2, -0.15) is 0 Å². The fraction of sp³-hybridized carbons (Fsp3) is 0.583. The fourth-order valence-electron chi connectivity index (χ4n) is 1.95. The van der Waals surface area contributed by atoms with E-state index in [-0.39, 0.29) is 10.9 Å². The summed E-state index contributed by atoms with van der Waals surface area (Å²) in [5.74, 6) is 0.645. The Bertz CT molecular complexity index is 561. The van der Waals surface area contributed by atoms with E-state index < -0.39 is 15.5 Å². The molecule has 0 spiro atoms. The Kier molecular flexibility index (Phi) is 3.87. The van der Waals surface area contributed by atoms with Gasteiger partial charge in [-0.3, -0.25) is 4.79 Å². The second kappa shape index (κ2) is 5.24. The first kappa shape index (κ1) is 13.3. The largest absolute Gasteiger partial charge is 0.366 e. The Morgan fingerprint density at radius 1 is 1.50 bits per heavy atom. The highest BCUT2D eigenvalue weighted by Gasteiger charge is 2.28. The zero-order valence-corrected chi connectivity index (χ0v) is 11.2. The van der Waals surface area contributed by atoms with Gasteiger partial charge in [0.15, 0.2) is 0 Å². The third kappa shape index (κ3) is 3.20. The summed E-state index contributed by atoms with van der Waals surface area (Å²) in [7, 11) is -3.71. The maximum absolute atomic E-state index is 12.1. The first-order valence-electron chi connectivity index (χ1n) is 6.22. The molecule has 0 aliphatic heterocycles. The molecule has 1 aliphatic rings. The van der Waals surface area contributed by atoms with Crippen molar-refractivity contribution in [3.63, 3.8) is 0 Å². The molecular weight excluding hydrogens is 252 g/mol. The molecule has 1 aromatic heterocycles. The third-order valence-electron chi connectivity index (χ3n) is 3.21. The molecule has 1 aromatic rings. The molecule has 0 saturated heterocycles. The van der Waals surface area contributed by atoms with Crippen LogP contribution in [0, 0.1) is 5.92 Å². The topological polar surface area (TPSA) is 79.0 Å². The number of aromatic amines is 1. The van der Waals surface area contributed by atoms with E-state index in [1.807, 2.05) is 6.92 Å². The van der Waals surface area contributed by atoms with E-state index in [0.717, 1.165) is 12.8 Å². The standard InChI is InChI=1S/C12H18N2O3S/c1-2-10(7-9-3-4-9)14-18(16,17)12-8-13-6-5-11(12)15/h5-6,8-10,14H,2-4,7H2,1H3,(H,13,15). The molecule has 1 atom stereocenters. The molecule has 1 unspecified atom stereocenters. The summed E-state index contributed by atoms with van der Waals surface area (Å²) in [6, 6.07) is 1.14. The molecule has 0 bridgehead atoms. The van der Waals surface area contributed by atoms with Gasteiger partial charge in [0.2, 0.25) is 15.5 Å². The molecule has 1 aliphatic carbocycles. The van der Waals surface area contributed by atoms with E-state index in [9.17, 15) is 13.2 Å². The van der Waals surface area contributed by atoms with E-state index in [1.54, 1.807) is 0 Å². The smallest absolute Gasteiger partial charge is 0.246 e. The zero-order valence-electron chi connectivity index (χ0n) is 10.3. The van der Waals surface area contributed by atoms with Crippen molar-refractivity contribution < 1.29 is 8.42 Å². The van der Waals surface area contributed by atoms with Crippen molar-refractivity contribution in [1.29, 1.82) is 0 Å². The molecule has 5 nitrogen and oxygen atoms in total. The van der Waals surface area contributed by atoms with Crippen molar-refractivity contribution in [3.05, 3.63) is 28.7 Å². The Balaban J connectivity index is 2.15. The van der Waals surface area contributed by atoms with Gasteiger partial charge in [-0.05, 0) is 18.8 Å².